The second kappa shape index (κ2) is 5.30. The zero-order valence-corrected chi connectivity index (χ0v) is 12.3. The largest absolute Gasteiger partial charge is 0.335 e. The van der Waals surface area contributed by atoms with Gasteiger partial charge in [0.05, 0.1) is 23.9 Å². The molecule has 0 saturated heterocycles. The van der Waals surface area contributed by atoms with Crippen LogP contribution in [0.5, 0.6) is 0 Å². The maximum absolute atomic E-state index is 8.88. The number of H-pyrrole nitrogens is 1. The van der Waals surface area contributed by atoms with E-state index in [0.717, 1.165) is 22.6 Å². The van der Waals surface area contributed by atoms with Crippen molar-refractivity contribution in [3.63, 3.8) is 0 Å². The quantitative estimate of drug-likeness (QED) is 0.780. The first-order chi connectivity index (χ1) is 10.8. The van der Waals surface area contributed by atoms with Crippen molar-refractivity contribution in [2.45, 2.75) is 38.1 Å². The lowest BCUT2D eigenvalue weighted by Gasteiger charge is -2.21. The molecule has 110 valence electrons. The van der Waals surface area contributed by atoms with E-state index in [1.54, 1.807) is 0 Å². The molecule has 22 heavy (non-hydrogen) atoms. The molecule has 2 heterocycles. The van der Waals surface area contributed by atoms with Crippen molar-refractivity contribution in [3.8, 4) is 17.5 Å². The third kappa shape index (κ3) is 2.17. The van der Waals surface area contributed by atoms with E-state index in [1.807, 2.05) is 30.5 Å². The summed E-state index contributed by atoms with van der Waals surface area (Å²) < 4.78 is 2.08. The monoisotopic (exact) mass is 291 g/mol. The highest BCUT2D eigenvalue weighted by Gasteiger charge is 2.20. The SMILES string of the molecule is N#Cc1ccc(-c2nc3c(cnn3C3CCCCC3)[nH]2)cc1. The summed E-state index contributed by atoms with van der Waals surface area (Å²) in [6, 6.07) is 10.1. The van der Waals surface area contributed by atoms with Crippen LogP contribution in [0.3, 0.4) is 0 Å². The molecule has 1 aromatic carbocycles. The topological polar surface area (TPSA) is 70.3 Å². The molecule has 0 atom stereocenters. The van der Waals surface area contributed by atoms with Crippen LogP contribution in [0.2, 0.25) is 0 Å². The second-order valence-corrected chi connectivity index (χ2v) is 5.89. The smallest absolute Gasteiger partial charge is 0.177 e. The molecule has 3 aromatic rings. The van der Waals surface area contributed by atoms with Gasteiger partial charge in [-0.3, -0.25) is 0 Å². The molecule has 1 N–H and O–H groups in total. The fourth-order valence-electron chi connectivity index (χ4n) is 3.25. The number of fused-ring (bicyclic) bond motifs is 1. The number of nitrogens with zero attached hydrogens (tertiary/aromatic N) is 4. The van der Waals surface area contributed by atoms with Gasteiger partial charge in [0, 0.05) is 5.56 Å². The summed E-state index contributed by atoms with van der Waals surface area (Å²) in [6.07, 6.45) is 8.13. The van der Waals surface area contributed by atoms with Crippen LogP contribution in [0.25, 0.3) is 22.6 Å². The van der Waals surface area contributed by atoms with Crippen LogP contribution in [-0.4, -0.2) is 19.7 Å². The average molecular weight is 291 g/mol. The Hall–Kier alpha value is -2.61. The lowest BCUT2D eigenvalue weighted by atomic mass is 9.96. The summed E-state index contributed by atoms with van der Waals surface area (Å²) in [6.45, 7) is 0. The van der Waals surface area contributed by atoms with Gasteiger partial charge in [0.25, 0.3) is 0 Å². The van der Waals surface area contributed by atoms with Crippen molar-refractivity contribution >= 4 is 11.2 Å². The Kier molecular flexibility index (Phi) is 3.15. The molecule has 0 amide bonds. The Labute approximate surface area is 128 Å². The van der Waals surface area contributed by atoms with Crippen molar-refractivity contribution < 1.29 is 0 Å². The minimum atomic E-state index is 0.475. The van der Waals surface area contributed by atoms with E-state index in [-0.39, 0.29) is 0 Å². The van der Waals surface area contributed by atoms with E-state index in [0.29, 0.717) is 11.6 Å². The number of hydrogen-bond donors (Lipinski definition) is 1. The predicted molar refractivity (Wildman–Crippen MR) is 84.2 cm³/mol. The van der Waals surface area contributed by atoms with Crippen molar-refractivity contribution in [3.05, 3.63) is 36.0 Å². The van der Waals surface area contributed by atoms with E-state index in [1.165, 1.54) is 32.1 Å². The number of rotatable bonds is 2. The first kappa shape index (κ1) is 13.1. The molecule has 0 unspecified atom stereocenters. The van der Waals surface area contributed by atoms with Gasteiger partial charge in [-0.25, -0.2) is 9.67 Å². The van der Waals surface area contributed by atoms with Gasteiger partial charge in [-0.1, -0.05) is 19.3 Å². The lowest BCUT2D eigenvalue weighted by molar-refractivity contribution is 0.336. The highest BCUT2D eigenvalue weighted by molar-refractivity contribution is 5.76. The summed E-state index contributed by atoms with van der Waals surface area (Å²) in [7, 11) is 0. The molecule has 5 nitrogen and oxygen atoms in total. The molecular weight excluding hydrogens is 274 g/mol. The van der Waals surface area contributed by atoms with E-state index in [2.05, 4.69) is 20.8 Å². The van der Waals surface area contributed by atoms with Gasteiger partial charge >= 0.3 is 0 Å². The van der Waals surface area contributed by atoms with Crippen molar-refractivity contribution in [1.82, 2.24) is 19.7 Å². The summed E-state index contributed by atoms with van der Waals surface area (Å²) >= 11 is 0. The van der Waals surface area contributed by atoms with Crippen LogP contribution in [0.15, 0.2) is 30.5 Å². The minimum Gasteiger partial charge on any atom is -0.335 e. The zero-order chi connectivity index (χ0) is 14.9. The van der Waals surface area contributed by atoms with Gasteiger partial charge in [-0.2, -0.15) is 10.4 Å². The maximum Gasteiger partial charge on any atom is 0.177 e. The normalized spacial score (nSPS) is 16.0. The van der Waals surface area contributed by atoms with Crippen molar-refractivity contribution in [1.29, 1.82) is 5.26 Å². The Morgan fingerprint density at radius 1 is 1.14 bits per heavy atom. The Balaban J connectivity index is 1.71. The first-order valence-electron chi connectivity index (χ1n) is 7.79. The fraction of sp³-hybridized carbons (Fsp3) is 0.353. The molecule has 2 aromatic heterocycles. The molecule has 1 aliphatic carbocycles. The summed E-state index contributed by atoms with van der Waals surface area (Å²) in [5.74, 6) is 0.835. The molecule has 1 saturated carbocycles. The summed E-state index contributed by atoms with van der Waals surface area (Å²) in [4.78, 5) is 8.07. The first-order valence-corrected chi connectivity index (χ1v) is 7.79. The Morgan fingerprint density at radius 3 is 2.64 bits per heavy atom. The third-order valence-electron chi connectivity index (χ3n) is 4.45. The van der Waals surface area contributed by atoms with Gasteiger partial charge in [-0.15, -0.1) is 0 Å². The Bertz CT molecular complexity index is 828. The lowest BCUT2D eigenvalue weighted by Crippen LogP contribution is -2.14. The number of aromatic amines is 1. The Morgan fingerprint density at radius 2 is 1.91 bits per heavy atom. The van der Waals surface area contributed by atoms with Crippen LogP contribution in [0.4, 0.5) is 0 Å². The van der Waals surface area contributed by atoms with Crippen LogP contribution < -0.4 is 0 Å². The highest BCUT2D eigenvalue weighted by atomic mass is 15.3. The number of nitriles is 1. The van der Waals surface area contributed by atoms with Gasteiger partial charge in [0.15, 0.2) is 5.65 Å². The third-order valence-corrected chi connectivity index (χ3v) is 4.45. The predicted octanol–water partition coefficient (Wildman–Crippen LogP) is 3.80. The number of nitrogens with one attached hydrogen (secondary N) is 1. The number of imidazole rings is 1. The highest BCUT2D eigenvalue weighted by Crippen LogP contribution is 2.30. The molecular formula is C17H17N5. The molecule has 0 aliphatic heterocycles. The molecule has 0 bridgehead atoms. The van der Waals surface area contributed by atoms with Crippen LogP contribution in [0.1, 0.15) is 43.7 Å². The molecule has 1 aliphatic rings. The van der Waals surface area contributed by atoms with Gasteiger partial charge in [-0.05, 0) is 37.1 Å². The maximum atomic E-state index is 8.88. The molecule has 0 spiro atoms. The number of aromatic nitrogens is 4. The molecule has 1 fully saturated rings. The molecule has 5 heteroatoms. The van der Waals surface area contributed by atoms with Crippen LogP contribution >= 0.6 is 0 Å². The van der Waals surface area contributed by atoms with Gasteiger partial charge in [0.1, 0.15) is 11.3 Å². The second-order valence-electron chi connectivity index (χ2n) is 5.89. The summed E-state index contributed by atoms with van der Waals surface area (Å²) in [5, 5.41) is 13.4. The van der Waals surface area contributed by atoms with E-state index < -0.39 is 0 Å². The average Bonchev–Trinajstić information content (AvgIpc) is 3.16. The number of hydrogen-bond acceptors (Lipinski definition) is 3. The summed E-state index contributed by atoms with van der Waals surface area (Å²) in [5.41, 5.74) is 3.56. The van der Waals surface area contributed by atoms with Crippen molar-refractivity contribution in [2.75, 3.05) is 0 Å². The molecule has 0 radical (unpaired) electrons. The van der Waals surface area contributed by atoms with E-state index in [9.17, 15) is 0 Å². The van der Waals surface area contributed by atoms with Gasteiger partial charge in [0.2, 0.25) is 0 Å². The molecule has 4 rings (SSSR count). The van der Waals surface area contributed by atoms with Crippen LogP contribution in [0, 0.1) is 11.3 Å². The number of benzene rings is 1. The van der Waals surface area contributed by atoms with Gasteiger partial charge < -0.3 is 4.98 Å². The fourth-order valence-corrected chi connectivity index (χ4v) is 3.25. The van der Waals surface area contributed by atoms with E-state index in [4.69, 9.17) is 10.2 Å². The standard InChI is InChI=1S/C17H17N5/c18-10-12-6-8-13(9-7-12)16-20-15-11-19-22(17(15)21-16)14-4-2-1-3-5-14/h6-9,11,14H,1-5H2,(H,20,21). The minimum absolute atomic E-state index is 0.475. The van der Waals surface area contributed by atoms with E-state index >= 15 is 0 Å². The van der Waals surface area contributed by atoms with Crippen LogP contribution in [-0.2, 0) is 0 Å². The zero-order valence-electron chi connectivity index (χ0n) is 12.3. The van der Waals surface area contributed by atoms with Crippen molar-refractivity contribution in [2.24, 2.45) is 0 Å².